The zero-order valence-electron chi connectivity index (χ0n) is 20.2. The summed E-state index contributed by atoms with van der Waals surface area (Å²) in [6.45, 7) is 5.26. The summed E-state index contributed by atoms with van der Waals surface area (Å²) in [5.41, 5.74) is 8.05. The molecule has 35 heavy (non-hydrogen) atoms. The van der Waals surface area contributed by atoms with E-state index in [1.165, 1.54) is 6.20 Å². The molecule has 0 aliphatic carbocycles. The lowest BCUT2D eigenvalue weighted by molar-refractivity contribution is -0.129. The van der Waals surface area contributed by atoms with Gasteiger partial charge in [-0.15, -0.1) is 0 Å². The standard InChI is InChI=1S/C25H32N6O4/c1-17(32)30-9-7-20(8-10-30)29(2)22-15-23(27-16-21(22)24(26)33)28-19-5-3-18(4-6-19)25(34)31-11-13-35-14-12-31/h3-6,15-16,20H,7-14H2,1-2H3,(H2,26,33)(H,27,28). The number of ether oxygens (including phenoxy) is 1. The van der Waals surface area contributed by atoms with Gasteiger partial charge in [0, 0.05) is 69.7 Å². The summed E-state index contributed by atoms with van der Waals surface area (Å²) in [5.74, 6) is 0.0869. The number of rotatable bonds is 6. The number of hydrogen-bond donors (Lipinski definition) is 2. The summed E-state index contributed by atoms with van der Waals surface area (Å²) < 4.78 is 5.31. The van der Waals surface area contributed by atoms with Crippen LogP contribution < -0.4 is 16.0 Å². The first-order valence-electron chi connectivity index (χ1n) is 11.9. The van der Waals surface area contributed by atoms with Crippen molar-refractivity contribution in [3.8, 4) is 0 Å². The maximum Gasteiger partial charge on any atom is 0.254 e. The van der Waals surface area contributed by atoms with Crippen LogP contribution in [0.2, 0.25) is 0 Å². The molecule has 0 atom stereocenters. The third-order valence-electron chi connectivity index (χ3n) is 6.69. The Morgan fingerprint density at radius 3 is 2.31 bits per heavy atom. The third kappa shape index (κ3) is 5.71. The Bertz CT molecular complexity index is 1080. The first-order chi connectivity index (χ1) is 16.8. The highest BCUT2D eigenvalue weighted by Crippen LogP contribution is 2.28. The molecule has 2 fully saturated rings. The Labute approximate surface area is 205 Å². The molecule has 2 aromatic rings. The smallest absolute Gasteiger partial charge is 0.254 e. The first kappa shape index (κ1) is 24.5. The number of carbonyl (C=O) groups is 3. The van der Waals surface area contributed by atoms with E-state index in [0.29, 0.717) is 62.0 Å². The van der Waals surface area contributed by atoms with Gasteiger partial charge in [-0.25, -0.2) is 4.98 Å². The highest BCUT2D eigenvalue weighted by Gasteiger charge is 2.26. The van der Waals surface area contributed by atoms with E-state index in [9.17, 15) is 14.4 Å². The molecule has 186 valence electrons. The molecule has 3 amide bonds. The fourth-order valence-electron chi connectivity index (χ4n) is 4.55. The van der Waals surface area contributed by atoms with Gasteiger partial charge in [0.1, 0.15) is 5.82 Å². The number of morpholine rings is 1. The van der Waals surface area contributed by atoms with Crippen molar-refractivity contribution in [2.24, 2.45) is 5.73 Å². The van der Waals surface area contributed by atoms with Crippen LogP contribution in [0.4, 0.5) is 17.2 Å². The van der Waals surface area contributed by atoms with Crippen molar-refractivity contribution in [1.82, 2.24) is 14.8 Å². The number of benzene rings is 1. The van der Waals surface area contributed by atoms with Gasteiger partial charge >= 0.3 is 0 Å². The number of aromatic nitrogens is 1. The highest BCUT2D eigenvalue weighted by atomic mass is 16.5. The predicted molar refractivity (Wildman–Crippen MR) is 133 cm³/mol. The van der Waals surface area contributed by atoms with Crippen molar-refractivity contribution < 1.29 is 19.1 Å². The number of primary amides is 1. The third-order valence-corrected chi connectivity index (χ3v) is 6.69. The van der Waals surface area contributed by atoms with E-state index in [0.717, 1.165) is 18.5 Å². The summed E-state index contributed by atoms with van der Waals surface area (Å²) >= 11 is 0. The number of nitrogens with one attached hydrogen (secondary N) is 1. The SMILES string of the molecule is CC(=O)N1CCC(N(C)c2cc(Nc3ccc(C(=O)N4CCOCC4)cc3)ncc2C(N)=O)CC1. The lowest BCUT2D eigenvalue weighted by Crippen LogP contribution is -2.45. The van der Waals surface area contributed by atoms with E-state index in [-0.39, 0.29) is 17.9 Å². The molecule has 2 saturated heterocycles. The monoisotopic (exact) mass is 480 g/mol. The topological polar surface area (TPSA) is 121 Å². The normalized spacial score (nSPS) is 16.6. The van der Waals surface area contributed by atoms with Crippen LogP contribution in [-0.2, 0) is 9.53 Å². The molecule has 1 aromatic heterocycles. The van der Waals surface area contributed by atoms with Crippen molar-refractivity contribution in [3.63, 3.8) is 0 Å². The number of carbonyl (C=O) groups excluding carboxylic acids is 3. The lowest BCUT2D eigenvalue weighted by Gasteiger charge is -2.38. The summed E-state index contributed by atoms with van der Waals surface area (Å²) in [4.78, 5) is 46.5. The molecule has 0 saturated carbocycles. The molecule has 0 bridgehead atoms. The molecule has 0 unspecified atom stereocenters. The van der Waals surface area contributed by atoms with Gasteiger partial charge in [-0.2, -0.15) is 0 Å². The van der Waals surface area contributed by atoms with Gasteiger partial charge in [-0.3, -0.25) is 14.4 Å². The van der Waals surface area contributed by atoms with Gasteiger partial charge < -0.3 is 30.5 Å². The Hall–Kier alpha value is -3.66. The van der Waals surface area contributed by atoms with Crippen molar-refractivity contribution in [1.29, 1.82) is 0 Å². The van der Waals surface area contributed by atoms with Crippen LogP contribution in [0.5, 0.6) is 0 Å². The molecule has 2 aliphatic heterocycles. The first-order valence-corrected chi connectivity index (χ1v) is 11.9. The number of amides is 3. The number of likely N-dealkylation sites (tertiary alicyclic amines) is 1. The Balaban J connectivity index is 1.47. The second-order valence-electron chi connectivity index (χ2n) is 8.91. The second-order valence-corrected chi connectivity index (χ2v) is 8.91. The fourth-order valence-corrected chi connectivity index (χ4v) is 4.55. The van der Waals surface area contributed by atoms with E-state index in [4.69, 9.17) is 10.5 Å². The van der Waals surface area contributed by atoms with E-state index in [1.807, 2.05) is 30.1 Å². The number of nitrogens with two attached hydrogens (primary N) is 1. The molecule has 3 heterocycles. The number of piperidine rings is 1. The molecule has 0 radical (unpaired) electrons. The van der Waals surface area contributed by atoms with E-state index < -0.39 is 5.91 Å². The Kier molecular flexibility index (Phi) is 7.50. The number of pyridine rings is 1. The van der Waals surface area contributed by atoms with Crippen molar-refractivity contribution in [3.05, 3.63) is 47.7 Å². The minimum absolute atomic E-state index is 0.0106. The van der Waals surface area contributed by atoms with E-state index in [1.54, 1.807) is 24.0 Å². The van der Waals surface area contributed by atoms with E-state index >= 15 is 0 Å². The van der Waals surface area contributed by atoms with Crippen molar-refractivity contribution >= 4 is 34.9 Å². The second kappa shape index (κ2) is 10.7. The molecular formula is C25H32N6O4. The highest BCUT2D eigenvalue weighted by molar-refractivity contribution is 5.99. The van der Waals surface area contributed by atoms with Crippen LogP contribution >= 0.6 is 0 Å². The molecule has 10 heteroatoms. The molecule has 1 aromatic carbocycles. The van der Waals surface area contributed by atoms with Crippen LogP contribution in [0.15, 0.2) is 36.5 Å². The van der Waals surface area contributed by atoms with Gasteiger partial charge in [0.2, 0.25) is 5.91 Å². The maximum absolute atomic E-state index is 12.7. The van der Waals surface area contributed by atoms with Gasteiger partial charge in [-0.05, 0) is 37.1 Å². The Morgan fingerprint density at radius 1 is 1.06 bits per heavy atom. The summed E-state index contributed by atoms with van der Waals surface area (Å²) in [6, 6.07) is 9.21. The van der Waals surface area contributed by atoms with Crippen molar-refractivity contribution in [2.75, 3.05) is 56.7 Å². The predicted octanol–water partition coefficient (Wildman–Crippen LogP) is 1.84. The summed E-state index contributed by atoms with van der Waals surface area (Å²) in [6.07, 6.45) is 3.09. The van der Waals surface area contributed by atoms with Crippen LogP contribution in [0.3, 0.4) is 0 Å². The molecule has 10 nitrogen and oxygen atoms in total. The molecule has 3 N–H and O–H groups in total. The van der Waals surface area contributed by atoms with Gasteiger partial charge in [0.05, 0.1) is 24.5 Å². The Morgan fingerprint density at radius 2 is 1.71 bits per heavy atom. The number of hydrogen-bond acceptors (Lipinski definition) is 7. The van der Waals surface area contributed by atoms with Crippen molar-refractivity contribution in [2.45, 2.75) is 25.8 Å². The van der Waals surface area contributed by atoms with Crippen LogP contribution in [0.25, 0.3) is 0 Å². The molecule has 4 rings (SSSR count). The largest absolute Gasteiger partial charge is 0.378 e. The fraction of sp³-hybridized carbons (Fsp3) is 0.440. The van der Waals surface area contributed by atoms with Gasteiger partial charge in [0.25, 0.3) is 11.8 Å². The van der Waals surface area contributed by atoms with Gasteiger partial charge in [0.15, 0.2) is 0 Å². The lowest BCUT2D eigenvalue weighted by atomic mass is 10.0. The van der Waals surface area contributed by atoms with Crippen LogP contribution in [0, 0.1) is 0 Å². The molecule has 0 spiro atoms. The summed E-state index contributed by atoms with van der Waals surface area (Å²) in [7, 11) is 1.94. The molecular weight excluding hydrogens is 448 g/mol. The average molecular weight is 481 g/mol. The zero-order chi connectivity index (χ0) is 24.9. The number of nitrogens with zero attached hydrogens (tertiary/aromatic N) is 4. The minimum Gasteiger partial charge on any atom is -0.378 e. The molecule has 2 aliphatic rings. The van der Waals surface area contributed by atoms with E-state index in [2.05, 4.69) is 15.2 Å². The summed E-state index contributed by atoms with van der Waals surface area (Å²) in [5, 5.41) is 3.25. The number of anilines is 3. The maximum atomic E-state index is 12.7. The quantitative estimate of drug-likeness (QED) is 0.647. The van der Waals surface area contributed by atoms with Crippen LogP contribution in [0.1, 0.15) is 40.5 Å². The zero-order valence-corrected chi connectivity index (χ0v) is 20.2. The minimum atomic E-state index is -0.543. The average Bonchev–Trinajstić information content (AvgIpc) is 2.88. The van der Waals surface area contributed by atoms with Gasteiger partial charge in [-0.1, -0.05) is 0 Å². The van der Waals surface area contributed by atoms with Crippen LogP contribution in [-0.4, -0.2) is 85.0 Å².